The number of allylic oxidation sites excluding steroid dienone is 1. The van der Waals surface area contributed by atoms with Gasteiger partial charge in [0.25, 0.3) is 5.91 Å². The average molecular weight is 627 g/mol. The minimum atomic E-state index is -3.89. The standard InChI is InChI=1S/C34H43ClN2O5S/c1-23-7-5-15-34(16-6-18-42-34)30-13-10-27(30)21-37-17-4-3-8-25-19-29(35)12-9-28(25)22-41-32-14-11-26(20-31(32)37)33(38)36-43(39,40)24(23)2/h5,9,11-12,14-15,19-20,23-24,27,30H,3-4,6-8,10,13,16-18,21-22H2,1-2H3,(H,36,38)/b15-5+/t23-,24+,27-,30+,34-/m0/s1. The summed E-state index contributed by atoms with van der Waals surface area (Å²) in [6.45, 7) is 6.38. The number of sulfonamides is 1. The lowest BCUT2D eigenvalue weighted by atomic mass is 9.63. The van der Waals surface area contributed by atoms with Gasteiger partial charge in [0.05, 0.1) is 16.5 Å². The van der Waals surface area contributed by atoms with E-state index in [2.05, 4.69) is 21.8 Å². The molecule has 1 spiro atoms. The summed E-state index contributed by atoms with van der Waals surface area (Å²) in [5.74, 6) is 0.750. The van der Waals surface area contributed by atoms with Crippen molar-refractivity contribution in [3.8, 4) is 5.75 Å². The van der Waals surface area contributed by atoms with Crippen molar-refractivity contribution in [2.45, 2.75) is 82.7 Å². The topological polar surface area (TPSA) is 84.9 Å². The molecule has 1 amide bonds. The van der Waals surface area contributed by atoms with Gasteiger partial charge in [-0.2, -0.15) is 0 Å². The highest BCUT2D eigenvalue weighted by Crippen LogP contribution is 2.50. The van der Waals surface area contributed by atoms with E-state index in [4.69, 9.17) is 21.1 Å². The molecule has 5 atom stereocenters. The fourth-order valence-corrected chi connectivity index (χ4v) is 8.76. The zero-order valence-corrected chi connectivity index (χ0v) is 26.8. The maximum Gasteiger partial charge on any atom is 0.264 e. The lowest BCUT2D eigenvalue weighted by Crippen LogP contribution is -2.49. The van der Waals surface area contributed by atoms with Crippen LogP contribution < -0.4 is 14.4 Å². The number of amides is 1. The van der Waals surface area contributed by atoms with Crippen LogP contribution in [0.2, 0.25) is 5.02 Å². The van der Waals surface area contributed by atoms with Gasteiger partial charge in [-0.3, -0.25) is 4.79 Å². The first-order valence-corrected chi connectivity index (χ1v) is 17.7. The molecular weight excluding hydrogens is 584 g/mol. The van der Waals surface area contributed by atoms with Gasteiger partial charge in [0, 0.05) is 30.3 Å². The lowest BCUT2D eigenvalue weighted by molar-refractivity contribution is -0.0625. The molecule has 43 heavy (non-hydrogen) atoms. The van der Waals surface area contributed by atoms with Gasteiger partial charge in [-0.1, -0.05) is 36.7 Å². The Morgan fingerprint density at radius 2 is 1.91 bits per heavy atom. The number of carbonyl (C=O) groups excluding carboxylic acids is 1. The Morgan fingerprint density at radius 1 is 1.05 bits per heavy atom. The van der Waals surface area contributed by atoms with Gasteiger partial charge in [0.2, 0.25) is 10.0 Å². The van der Waals surface area contributed by atoms with Gasteiger partial charge < -0.3 is 14.4 Å². The van der Waals surface area contributed by atoms with Gasteiger partial charge >= 0.3 is 0 Å². The number of nitrogens with zero attached hydrogens (tertiary/aromatic N) is 1. The summed E-state index contributed by atoms with van der Waals surface area (Å²) in [6, 6.07) is 11.3. The Labute approximate surface area is 261 Å². The van der Waals surface area contributed by atoms with Crippen LogP contribution in [0.4, 0.5) is 5.69 Å². The van der Waals surface area contributed by atoms with Crippen LogP contribution in [0.1, 0.15) is 80.3 Å². The molecule has 2 aromatic carbocycles. The normalized spacial score (nSPS) is 31.9. The number of carbonyl (C=O) groups is 1. The predicted octanol–water partition coefficient (Wildman–Crippen LogP) is 6.68. The molecule has 232 valence electrons. The van der Waals surface area contributed by atoms with Crippen LogP contribution in [-0.4, -0.2) is 44.9 Å². The lowest BCUT2D eigenvalue weighted by Gasteiger charge is -2.48. The van der Waals surface area contributed by atoms with Crippen LogP contribution in [0.25, 0.3) is 0 Å². The molecule has 0 radical (unpaired) electrons. The van der Waals surface area contributed by atoms with Gasteiger partial charge in [-0.15, -0.1) is 0 Å². The summed E-state index contributed by atoms with van der Waals surface area (Å²) in [5.41, 5.74) is 3.14. The first-order chi connectivity index (χ1) is 20.6. The fourth-order valence-electron chi connectivity index (χ4n) is 7.28. The van der Waals surface area contributed by atoms with Crippen molar-refractivity contribution < 1.29 is 22.7 Å². The van der Waals surface area contributed by atoms with Gasteiger partial charge in [0.1, 0.15) is 12.4 Å². The molecule has 6 rings (SSSR count). The summed E-state index contributed by atoms with van der Waals surface area (Å²) in [4.78, 5) is 15.8. The van der Waals surface area contributed by atoms with Crippen molar-refractivity contribution in [2.24, 2.45) is 17.8 Å². The second-order valence-electron chi connectivity index (χ2n) is 12.9. The zero-order valence-electron chi connectivity index (χ0n) is 25.2. The van der Waals surface area contributed by atoms with Crippen molar-refractivity contribution in [1.82, 2.24) is 4.72 Å². The molecule has 9 heteroatoms. The van der Waals surface area contributed by atoms with E-state index in [-0.39, 0.29) is 11.5 Å². The largest absolute Gasteiger partial charge is 0.487 e. The van der Waals surface area contributed by atoms with E-state index in [0.29, 0.717) is 36.2 Å². The number of hydrogen-bond acceptors (Lipinski definition) is 6. The third kappa shape index (κ3) is 6.34. The van der Waals surface area contributed by atoms with Gasteiger partial charge in [-0.25, -0.2) is 13.1 Å². The van der Waals surface area contributed by atoms with Crippen molar-refractivity contribution in [3.05, 3.63) is 70.3 Å². The summed E-state index contributed by atoms with van der Waals surface area (Å²) in [5, 5.41) is -0.0123. The van der Waals surface area contributed by atoms with E-state index in [0.717, 1.165) is 80.9 Å². The Bertz CT molecular complexity index is 1490. The van der Waals surface area contributed by atoms with E-state index in [9.17, 15) is 13.2 Å². The Morgan fingerprint density at radius 3 is 2.67 bits per heavy atom. The number of fused-ring (bicyclic) bond motifs is 4. The highest BCUT2D eigenvalue weighted by Gasteiger charge is 2.49. The number of ether oxygens (including phenoxy) is 2. The van der Waals surface area contributed by atoms with E-state index >= 15 is 0 Å². The van der Waals surface area contributed by atoms with E-state index in [1.165, 1.54) is 5.56 Å². The van der Waals surface area contributed by atoms with Crippen LogP contribution in [0.5, 0.6) is 5.75 Å². The van der Waals surface area contributed by atoms with Crippen molar-refractivity contribution in [1.29, 1.82) is 0 Å². The molecular formula is C34H43ClN2O5S. The minimum absolute atomic E-state index is 0.167. The molecule has 2 aromatic rings. The van der Waals surface area contributed by atoms with Crippen molar-refractivity contribution in [2.75, 3.05) is 24.6 Å². The van der Waals surface area contributed by atoms with E-state index in [1.54, 1.807) is 13.0 Å². The molecule has 2 bridgehead atoms. The maximum absolute atomic E-state index is 13.4. The molecule has 1 aliphatic carbocycles. The van der Waals surface area contributed by atoms with Crippen molar-refractivity contribution >= 4 is 33.2 Å². The first-order valence-electron chi connectivity index (χ1n) is 15.8. The Kier molecular flexibility index (Phi) is 8.82. The fraction of sp³-hybridized carbons (Fsp3) is 0.559. The van der Waals surface area contributed by atoms with Crippen molar-refractivity contribution in [3.63, 3.8) is 0 Å². The molecule has 2 fully saturated rings. The molecule has 7 nitrogen and oxygen atoms in total. The van der Waals surface area contributed by atoms with E-state index in [1.807, 2.05) is 37.3 Å². The highest BCUT2D eigenvalue weighted by molar-refractivity contribution is 7.90. The number of nitrogens with one attached hydrogen (secondary N) is 1. The number of halogens is 1. The molecule has 1 saturated carbocycles. The third-order valence-electron chi connectivity index (χ3n) is 10.3. The third-order valence-corrected chi connectivity index (χ3v) is 12.4. The number of anilines is 1. The van der Waals surface area contributed by atoms with Crippen LogP contribution in [0.3, 0.4) is 0 Å². The monoisotopic (exact) mass is 626 g/mol. The van der Waals surface area contributed by atoms with Gasteiger partial charge in [-0.05, 0) is 118 Å². The summed E-state index contributed by atoms with van der Waals surface area (Å²) in [6.07, 6.45) is 12.1. The summed E-state index contributed by atoms with van der Waals surface area (Å²) in [7, 11) is -3.89. The summed E-state index contributed by atoms with van der Waals surface area (Å²) < 4.78 is 41.9. The number of aryl methyl sites for hydroxylation is 1. The SMILES string of the molecule is C[C@@H]1[C@@H](C)C/C=C/[C@]2(CCCO2)[C@@H]2CC[C@H]2CN2CCCCc3cc(Cl)ccc3COc3ccc(cc32)C(=O)NS1(=O)=O. The average Bonchev–Trinajstić information content (AvgIpc) is 3.42. The number of rotatable bonds is 0. The summed E-state index contributed by atoms with van der Waals surface area (Å²) >= 11 is 6.34. The van der Waals surface area contributed by atoms with Gasteiger partial charge in [0.15, 0.2) is 0 Å². The molecule has 3 aliphatic heterocycles. The molecule has 1 saturated heterocycles. The quantitative estimate of drug-likeness (QED) is 0.328. The number of benzene rings is 2. The predicted molar refractivity (Wildman–Crippen MR) is 170 cm³/mol. The van der Waals surface area contributed by atoms with Crippen LogP contribution in [0.15, 0.2) is 48.6 Å². The molecule has 0 aromatic heterocycles. The zero-order chi connectivity index (χ0) is 30.2. The van der Waals surface area contributed by atoms with Crippen LogP contribution in [0, 0.1) is 17.8 Å². The van der Waals surface area contributed by atoms with E-state index < -0.39 is 21.2 Å². The smallest absolute Gasteiger partial charge is 0.264 e. The molecule has 4 aliphatic rings. The molecule has 3 heterocycles. The molecule has 1 N–H and O–H groups in total. The second-order valence-corrected chi connectivity index (χ2v) is 15.4. The van der Waals surface area contributed by atoms with Crippen LogP contribution >= 0.6 is 11.6 Å². The second kappa shape index (κ2) is 12.4. The first kappa shape index (κ1) is 30.5. The minimum Gasteiger partial charge on any atom is -0.487 e. The Hall–Kier alpha value is -2.55. The number of hydrogen-bond donors (Lipinski definition) is 1. The Balaban J connectivity index is 1.40. The highest BCUT2D eigenvalue weighted by atomic mass is 35.5. The molecule has 0 unspecified atom stereocenters. The maximum atomic E-state index is 13.4. The van der Waals surface area contributed by atoms with Crippen LogP contribution in [-0.2, 0) is 27.8 Å².